The second kappa shape index (κ2) is 5.14. The Morgan fingerprint density at radius 1 is 1.48 bits per heavy atom. The van der Waals surface area contributed by atoms with Crippen molar-refractivity contribution in [3.05, 3.63) is 23.9 Å². The summed E-state index contributed by atoms with van der Waals surface area (Å²) in [6.07, 6.45) is -2.40. The highest BCUT2D eigenvalue weighted by Crippen LogP contribution is 2.45. The van der Waals surface area contributed by atoms with E-state index in [0.717, 1.165) is 6.07 Å². The van der Waals surface area contributed by atoms with E-state index >= 15 is 0 Å². The fraction of sp³-hybridized carbons (Fsp3) is 0.643. The number of fused-ring (bicyclic) bond motifs is 1. The van der Waals surface area contributed by atoms with Gasteiger partial charge in [-0.15, -0.1) is 0 Å². The standard InChI is InChI=1S/C14H17F3N2O2/c15-14(16,17)11-2-1-4-18-12(11)19-6-10-7-21-5-3-13(10,8-19)9-20/h1-2,4,10,20H,3,5-9H2/t10-,13-/m1/s1. The molecule has 0 aromatic carbocycles. The van der Waals surface area contributed by atoms with E-state index in [0.29, 0.717) is 32.7 Å². The Hall–Kier alpha value is -1.34. The third-order valence-corrected chi connectivity index (χ3v) is 4.58. The Bertz CT molecular complexity index is 523. The summed E-state index contributed by atoms with van der Waals surface area (Å²) in [7, 11) is 0. The van der Waals surface area contributed by atoms with E-state index in [1.165, 1.54) is 12.3 Å². The Morgan fingerprint density at radius 2 is 2.29 bits per heavy atom. The maximum atomic E-state index is 13.1. The highest BCUT2D eigenvalue weighted by Gasteiger charge is 2.49. The number of aromatic nitrogens is 1. The van der Waals surface area contributed by atoms with Crippen molar-refractivity contribution in [1.82, 2.24) is 4.98 Å². The van der Waals surface area contributed by atoms with Gasteiger partial charge in [0.2, 0.25) is 0 Å². The van der Waals surface area contributed by atoms with Crippen molar-refractivity contribution in [2.24, 2.45) is 11.3 Å². The van der Waals surface area contributed by atoms with Gasteiger partial charge >= 0.3 is 6.18 Å². The average molecular weight is 302 g/mol. The zero-order valence-corrected chi connectivity index (χ0v) is 11.4. The van der Waals surface area contributed by atoms with Crippen molar-refractivity contribution in [2.75, 3.05) is 37.8 Å². The molecule has 2 fully saturated rings. The molecule has 2 aliphatic rings. The van der Waals surface area contributed by atoms with Gasteiger partial charge in [0.1, 0.15) is 5.82 Å². The molecule has 1 N–H and O–H groups in total. The molecule has 7 heteroatoms. The smallest absolute Gasteiger partial charge is 0.396 e. The first kappa shape index (κ1) is 14.6. The summed E-state index contributed by atoms with van der Waals surface area (Å²) < 4.78 is 44.7. The van der Waals surface area contributed by atoms with E-state index in [2.05, 4.69) is 4.98 Å². The molecule has 0 aliphatic carbocycles. The summed E-state index contributed by atoms with van der Waals surface area (Å²) in [4.78, 5) is 5.57. The second-order valence-electron chi connectivity index (χ2n) is 5.80. The Labute approximate surface area is 120 Å². The van der Waals surface area contributed by atoms with Gasteiger partial charge in [0.05, 0.1) is 18.8 Å². The summed E-state index contributed by atoms with van der Waals surface area (Å²) in [6.45, 7) is 1.80. The van der Waals surface area contributed by atoms with Crippen molar-refractivity contribution in [3.63, 3.8) is 0 Å². The van der Waals surface area contributed by atoms with Crippen LogP contribution in [0.1, 0.15) is 12.0 Å². The predicted molar refractivity (Wildman–Crippen MR) is 69.9 cm³/mol. The minimum Gasteiger partial charge on any atom is -0.396 e. The molecule has 3 rings (SSSR count). The minimum absolute atomic E-state index is 0.0360. The van der Waals surface area contributed by atoms with E-state index in [1.54, 1.807) is 4.90 Å². The lowest BCUT2D eigenvalue weighted by molar-refractivity contribution is -0.137. The number of halogens is 3. The van der Waals surface area contributed by atoms with Crippen LogP contribution in [0.15, 0.2) is 18.3 Å². The number of aliphatic hydroxyl groups is 1. The molecule has 1 aromatic rings. The molecule has 3 heterocycles. The number of aliphatic hydroxyl groups excluding tert-OH is 1. The van der Waals surface area contributed by atoms with Crippen molar-refractivity contribution in [2.45, 2.75) is 12.6 Å². The topological polar surface area (TPSA) is 45.6 Å². The van der Waals surface area contributed by atoms with Gasteiger partial charge in [-0.05, 0) is 18.6 Å². The average Bonchev–Trinajstić information content (AvgIpc) is 2.86. The number of nitrogens with zero attached hydrogens (tertiary/aromatic N) is 2. The molecule has 0 radical (unpaired) electrons. The fourth-order valence-corrected chi connectivity index (χ4v) is 3.34. The van der Waals surface area contributed by atoms with Gasteiger partial charge in [0.15, 0.2) is 0 Å². The quantitative estimate of drug-likeness (QED) is 0.907. The number of hydrogen-bond acceptors (Lipinski definition) is 4. The van der Waals surface area contributed by atoms with Crippen LogP contribution in [0.4, 0.5) is 19.0 Å². The number of anilines is 1. The summed E-state index contributed by atoms with van der Waals surface area (Å²) >= 11 is 0. The van der Waals surface area contributed by atoms with Crippen LogP contribution in [-0.2, 0) is 10.9 Å². The second-order valence-corrected chi connectivity index (χ2v) is 5.80. The summed E-state index contributed by atoms with van der Waals surface area (Å²) in [5.74, 6) is -0.00781. The van der Waals surface area contributed by atoms with Crippen LogP contribution in [0.25, 0.3) is 0 Å². The first-order valence-electron chi connectivity index (χ1n) is 6.92. The summed E-state index contributed by atoms with van der Waals surface area (Å²) in [5, 5.41) is 9.72. The molecule has 0 bridgehead atoms. The van der Waals surface area contributed by atoms with Crippen LogP contribution >= 0.6 is 0 Å². The molecule has 21 heavy (non-hydrogen) atoms. The van der Waals surface area contributed by atoms with Crippen molar-refractivity contribution in [3.8, 4) is 0 Å². The van der Waals surface area contributed by atoms with Gasteiger partial charge < -0.3 is 14.7 Å². The number of alkyl halides is 3. The molecule has 2 atom stereocenters. The third-order valence-electron chi connectivity index (χ3n) is 4.58. The third kappa shape index (κ3) is 2.48. The van der Waals surface area contributed by atoms with Crippen molar-refractivity contribution < 1.29 is 23.0 Å². The number of pyridine rings is 1. The van der Waals surface area contributed by atoms with Gasteiger partial charge in [-0.25, -0.2) is 4.98 Å². The van der Waals surface area contributed by atoms with Crippen LogP contribution in [0.5, 0.6) is 0 Å². The first-order chi connectivity index (χ1) is 9.96. The zero-order chi connectivity index (χ0) is 15.1. The molecular formula is C14H17F3N2O2. The molecule has 116 valence electrons. The molecule has 0 amide bonds. The van der Waals surface area contributed by atoms with E-state index < -0.39 is 11.7 Å². The SMILES string of the molecule is OC[C@]12CCOC[C@H]1CN(c1ncccc1C(F)(F)F)C2. The van der Waals surface area contributed by atoms with Crippen LogP contribution in [-0.4, -0.2) is 43.0 Å². The molecule has 2 aliphatic heterocycles. The Balaban J connectivity index is 1.93. The van der Waals surface area contributed by atoms with E-state index in [-0.39, 0.29) is 23.8 Å². The van der Waals surface area contributed by atoms with E-state index in [9.17, 15) is 18.3 Å². The highest BCUT2D eigenvalue weighted by molar-refractivity contribution is 5.50. The normalized spacial score (nSPS) is 29.5. The Morgan fingerprint density at radius 3 is 2.95 bits per heavy atom. The van der Waals surface area contributed by atoms with Crippen LogP contribution < -0.4 is 4.90 Å². The van der Waals surface area contributed by atoms with Gasteiger partial charge in [0.25, 0.3) is 0 Å². The predicted octanol–water partition coefficient (Wildman–Crippen LogP) is 1.94. The fourth-order valence-electron chi connectivity index (χ4n) is 3.34. The monoisotopic (exact) mass is 302 g/mol. The number of rotatable bonds is 2. The lowest BCUT2D eigenvalue weighted by Crippen LogP contribution is -2.41. The number of hydrogen-bond donors (Lipinski definition) is 1. The molecule has 4 nitrogen and oxygen atoms in total. The van der Waals surface area contributed by atoms with E-state index in [4.69, 9.17) is 4.74 Å². The maximum absolute atomic E-state index is 13.1. The van der Waals surface area contributed by atoms with Crippen LogP contribution in [0, 0.1) is 11.3 Å². The zero-order valence-electron chi connectivity index (χ0n) is 11.4. The summed E-state index contributed by atoms with van der Waals surface area (Å²) in [5.41, 5.74) is -1.10. The molecule has 0 spiro atoms. The largest absolute Gasteiger partial charge is 0.419 e. The van der Waals surface area contributed by atoms with Crippen LogP contribution in [0.2, 0.25) is 0 Å². The summed E-state index contributed by atoms with van der Waals surface area (Å²) in [6, 6.07) is 2.34. The van der Waals surface area contributed by atoms with Gasteiger partial charge in [-0.1, -0.05) is 0 Å². The van der Waals surface area contributed by atoms with E-state index in [1.807, 2.05) is 0 Å². The van der Waals surface area contributed by atoms with Gasteiger partial charge in [0, 0.05) is 37.2 Å². The van der Waals surface area contributed by atoms with Crippen LogP contribution in [0.3, 0.4) is 0 Å². The first-order valence-corrected chi connectivity index (χ1v) is 6.92. The maximum Gasteiger partial charge on any atom is 0.419 e. The molecule has 0 unspecified atom stereocenters. The van der Waals surface area contributed by atoms with Gasteiger partial charge in [-0.3, -0.25) is 0 Å². The minimum atomic E-state index is -4.43. The molecule has 2 saturated heterocycles. The molecule has 1 aromatic heterocycles. The Kier molecular flexibility index (Phi) is 3.57. The molecule has 0 saturated carbocycles. The van der Waals surface area contributed by atoms with Gasteiger partial charge in [-0.2, -0.15) is 13.2 Å². The lowest BCUT2D eigenvalue weighted by atomic mass is 9.75. The van der Waals surface area contributed by atoms with Crippen molar-refractivity contribution in [1.29, 1.82) is 0 Å². The molecular weight excluding hydrogens is 285 g/mol. The highest BCUT2D eigenvalue weighted by atomic mass is 19.4. The van der Waals surface area contributed by atoms with Crippen molar-refractivity contribution >= 4 is 5.82 Å². The number of ether oxygens (including phenoxy) is 1. The lowest BCUT2D eigenvalue weighted by Gasteiger charge is -2.36.